The number of hydrogen-bond acceptors (Lipinski definition) is 2. The van der Waals surface area contributed by atoms with Crippen molar-refractivity contribution >= 4 is 23.0 Å². The molecule has 0 aliphatic carbocycles. The first-order valence-corrected chi connectivity index (χ1v) is 7.88. The molecule has 0 aliphatic heterocycles. The summed E-state index contributed by atoms with van der Waals surface area (Å²) in [5.74, 6) is 0.837. The molecule has 0 atom stereocenters. The molecule has 4 rings (SSSR count). The fourth-order valence-electron chi connectivity index (χ4n) is 2.93. The molecule has 3 aromatic carbocycles. The van der Waals surface area contributed by atoms with E-state index < -0.39 is 0 Å². The lowest BCUT2D eigenvalue weighted by Gasteiger charge is -2.11. The van der Waals surface area contributed by atoms with E-state index in [1.54, 1.807) is 0 Å². The largest absolute Gasteiger partial charge is 0.268 e. The van der Waals surface area contributed by atoms with E-state index in [0.717, 1.165) is 22.5 Å². The van der Waals surface area contributed by atoms with Gasteiger partial charge >= 0.3 is 0 Å². The van der Waals surface area contributed by atoms with Crippen molar-refractivity contribution in [3.8, 4) is 17.1 Å². The van der Waals surface area contributed by atoms with Crippen molar-refractivity contribution in [2.75, 3.05) is 0 Å². The van der Waals surface area contributed by atoms with Gasteiger partial charge in [-0.1, -0.05) is 60.7 Å². The van der Waals surface area contributed by atoms with Gasteiger partial charge in [0.25, 0.3) is 0 Å². The van der Waals surface area contributed by atoms with Crippen molar-refractivity contribution in [3.05, 3.63) is 77.1 Å². The number of hydrogen-bond donors (Lipinski definition) is 1. The van der Waals surface area contributed by atoms with Crippen LogP contribution in [0.15, 0.2) is 66.7 Å². The van der Waals surface area contributed by atoms with Gasteiger partial charge in [0.1, 0.15) is 0 Å². The van der Waals surface area contributed by atoms with E-state index >= 15 is 0 Å². The lowest BCUT2D eigenvalue weighted by molar-refractivity contribution is 1.04. The smallest absolute Gasteiger partial charge is 0.200 e. The highest BCUT2D eigenvalue weighted by atomic mass is 32.1. The summed E-state index contributed by atoms with van der Waals surface area (Å²) in [7, 11) is 0. The van der Waals surface area contributed by atoms with Crippen molar-refractivity contribution in [2.24, 2.45) is 0 Å². The van der Waals surface area contributed by atoms with Gasteiger partial charge in [0.05, 0.1) is 5.69 Å². The molecule has 0 aliphatic rings. The molecule has 112 valence electrons. The number of aromatic nitrogens is 3. The van der Waals surface area contributed by atoms with Gasteiger partial charge in [-0.25, -0.2) is 0 Å². The maximum Gasteiger partial charge on any atom is 0.200 e. The van der Waals surface area contributed by atoms with Gasteiger partial charge in [0, 0.05) is 10.9 Å². The zero-order valence-electron chi connectivity index (χ0n) is 12.7. The Labute approximate surface area is 139 Å². The van der Waals surface area contributed by atoms with Gasteiger partial charge < -0.3 is 0 Å². The molecule has 23 heavy (non-hydrogen) atoms. The Morgan fingerprint density at radius 1 is 0.913 bits per heavy atom. The van der Waals surface area contributed by atoms with E-state index in [2.05, 4.69) is 53.5 Å². The van der Waals surface area contributed by atoms with Crippen molar-refractivity contribution in [1.82, 2.24) is 14.8 Å². The molecule has 0 unspecified atom stereocenters. The molecule has 0 fully saturated rings. The summed E-state index contributed by atoms with van der Waals surface area (Å²) in [6.45, 7) is 2.08. The Morgan fingerprint density at radius 3 is 2.52 bits per heavy atom. The number of fused-ring (bicyclic) bond motifs is 1. The van der Waals surface area contributed by atoms with Crippen LogP contribution in [0.1, 0.15) is 5.56 Å². The maximum atomic E-state index is 5.51. The number of rotatable bonds is 2. The van der Waals surface area contributed by atoms with Crippen LogP contribution in [0.3, 0.4) is 0 Å². The second-order valence-corrected chi connectivity index (χ2v) is 5.89. The molecule has 4 aromatic rings. The van der Waals surface area contributed by atoms with E-state index in [0.29, 0.717) is 4.77 Å². The molecule has 1 N–H and O–H groups in total. The molecule has 3 nitrogen and oxygen atoms in total. The number of H-pyrrole nitrogens is 1. The van der Waals surface area contributed by atoms with Crippen LogP contribution >= 0.6 is 12.2 Å². The highest BCUT2D eigenvalue weighted by Crippen LogP contribution is 2.28. The Bertz CT molecular complexity index is 1050. The third kappa shape index (κ3) is 2.28. The SMILES string of the molecule is Cc1ccccc1-c1n[nH]c(=S)n1-c1cccc2ccccc12. The van der Waals surface area contributed by atoms with Gasteiger partial charge in [-0.2, -0.15) is 5.10 Å². The van der Waals surface area contributed by atoms with Crippen molar-refractivity contribution in [2.45, 2.75) is 6.92 Å². The van der Waals surface area contributed by atoms with Gasteiger partial charge in [0.15, 0.2) is 10.6 Å². The molecule has 0 bridgehead atoms. The van der Waals surface area contributed by atoms with E-state index in [1.807, 2.05) is 34.9 Å². The predicted molar refractivity (Wildman–Crippen MR) is 96.4 cm³/mol. The molecule has 0 saturated heterocycles. The maximum absolute atomic E-state index is 5.51. The van der Waals surface area contributed by atoms with Crippen LogP contribution in [0.5, 0.6) is 0 Å². The lowest BCUT2D eigenvalue weighted by atomic mass is 10.1. The molecule has 0 saturated carbocycles. The van der Waals surface area contributed by atoms with E-state index in [4.69, 9.17) is 12.2 Å². The highest BCUT2D eigenvalue weighted by molar-refractivity contribution is 7.71. The molecule has 0 amide bonds. The number of benzene rings is 3. The molecule has 1 heterocycles. The summed E-state index contributed by atoms with van der Waals surface area (Å²) in [5, 5.41) is 9.76. The van der Waals surface area contributed by atoms with Crippen LogP contribution in [-0.2, 0) is 0 Å². The van der Waals surface area contributed by atoms with Crippen molar-refractivity contribution in [3.63, 3.8) is 0 Å². The monoisotopic (exact) mass is 317 g/mol. The van der Waals surface area contributed by atoms with E-state index in [-0.39, 0.29) is 0 Å². The first-order chi connectivity index (χ1) is 11.3. The third-order valence-electron chi connectivity index (χ3n) is 4.07. The van der Waals surface area contributed by atoms with E-state index in [1.165, 1.54) is 10.9 Å². The Balaban J connectivity index is 2.06. The summed E-state index contributed by atoms with van der Waals surface area (Å²) in [5.41, 5.74) is 3.29. The topological polar surface area (TPSA) is 33.6 Å². The number of aryl methyl sites for hydroxylation is 1. The average Bonchev–Trinajstić information content (AvgIpc) is 2.96. The van der Waals surface area contributed by atoms with Crippen LogP contribution in [-0.4, -0.2) is 14.8 Å². The van der Waals surface area contributed by atoms with Crippen molar-refractivity contribution in [1.29, 1.82) is 0 Å². The molecular weight excluding hydrogens is 302 g/mol. The van der Waals surface area contributed by atoms with E-state index in [9.17, 15) is 0 Å². The minimum absolute atomic E-state index is 0.597. The summed E-state index contributed by atoms with van der Waals surface area (Å²) >= 11 is 5.51. The quantitative estimate of drug-likeness (QED) is 0.524. The fourth-order valence-corrected chi connectivity index (χ4v) is 3.16. The Hall–Kier alpha value is -2.72. The number of aromatic amines is 1. The standard InChI is InChI=1S/C19H15N3S/c1-13-7-2-4-10-15(13)18-20-21-19(23)22(18)17-12-6-9-14-8-3-5-11-16(14)17/h2-12H,1H3,(H,21,23). The molecule has 1 aromatic heterocycles. The van der Waals surface area contributed by atoms with Crippen molar-refractivity contribution < 1.29 is 0 Å². The van der Waals surface area contributed by atoms with Crippen LogP contribution in [0.2, 0.25) is 0 Å². The van der Waals surface area contributed by atoms with Gasteiger partial charge in [-0.05, 0) is 36.2 Å². The number of nitrogens with one attached hydrogen (secondary N) is 1. The summed E-state index contributed by atoms with van der Waals surface area (Å²) in [4.78, 5) is 0. The molecule has 4 heteroatoms. The Morgan fingerprint density at radius 2 is 1.65 bits per heavy atom. The van der Waals surface area contributed by atoms with Crippen LogP contribution < -0.4 is 0 Å². The summed E-state index contributed by atoms with van der Waals surface area (Å²) in [6, 6.07) is 22.8. The molecule has 0 radical (unpaired) electrons. The zero-order chi connectivity index (χ0) is 15.8. The summed E-state index contributed by atoms with van der Waals surface area (Å²) < 4.78 is 2.61. The predicted octanol–water partition coefficient (Wildman–Crippen LogP) is 5.06. The van der Waals surface area contributed by atoms with Gasteiger partial charge in [-0.3, -0.25) is 9.67 Å². The number of nitrogens with zero attached hydrogens (tertiary/aromatic N) is 2. The second-order valence-electron chi connectivity index (χ2n) is 5.50. The van der Waals surface area contributed by atoms with Crippen LogP contribution in [0, 0.1) is 11.7 Å². The third-order valence-corrected chi connectivity index (χ3v) is 4.34. The molecular formula is C19H15N3S. The first kappa shape index (κ1) is 13.9. The minimum Gasteiger partial charge on any atom is -0.268 e. The van der Waals surface area contributed by atoms with Gasteiger partial charge in [-0.15, -0.1) is 0 Å². The average molecular weight is 317 g/mol. The van der Waals surface area contributed by atoms with Crippen LogP contribution in [0.4, 0.5) is 0 Å². The first-order valence-electron chi connectivity index (χ1n) is 7.47. The van der Waals surface area contributed by atoms with Gasteiger partial charge in [0.2, 0.25) is 0 Å². The van der Waals surface area contributed by atoms with Crippen LogP contribution in [0.25, 0.3) is 27.8 Å². The minimum atomic E-state index is 0.597. The second kappa shape index (κ2) is 5.48. The highest BCUT2D eigenvalue weighted by Gasteiger charge is 2.14. The lowest BCUT2D eigenvalue weighted by Crippen LogP contribution is -1.99. The summed E-state index contributed by atoms with van der Waals surface area (Å²) in [6.07, 6.45) is 0. The Kier molecular flexibility index (Phi) is 3.32. The molecule has 0 spiro atoms. The fraction of sp³-hybridized carbons (Fsp3) is 0.0526. The zero-order valence-corrected chi connectivity index (χ0v) is 13.5. The normalized spacial score (nSPS) is 11.0.